The summed E-state index contributed by atoms with van der Waals surface area (Å²) in [5, 5.41) is 8.34. The molecule has 0 amide bonds. The summed E-state index contributed by atoms with van der Waals surface area (Å²) >= 11 is 0. The Labute approximate surface area is 121 Å². The van der Waals surface area contributed by atoms with Gasteiger partial charge in [0.2, 0.25) is 0 Å². The van der Waals surface area contributed by atoms with Crippen LogP contribution in [0.3, 0.4) is 0 Å². The quantitative estimate of drug-likeness (QED) is 0.587. The molecular formula is C12H16F8O2. The predicted molar refractivity (Wildman–Crippen MR) is 60.9 cm³/mol. The topological polar surface area (TPSA) is 29.5 Å². The van der Waals surface area contributed by atoms with E-state index in [1.54, 1.807) is 0 Å². The Balaban J connectivity index is 5.91. The monoisotopic (exact) mass is 344 g/mol. The SMILES string of the molecule is CC(C)=C(OC(F)(F)C(O)(F)C(F)(F)F)C(F)(F)C(C)(C)C. The van der Waals surface area contributed by atoms with E-state index in [9.17, 15) is 35.1 Å². The van der Waals surface area contributed by atoms with Gasteiger partial charge in [-0.1, -0.05) is 20.8 Å². The summed E-state index contributed by atoms with van der Waals surface area (Å²) in [4.78, 5) is 0. The number of hydrogen-bond donors (Lipinski definition) is 1. The Morgan fingerprint density at radius 2 is 1.18 bits per heavy atom. The molecule has 0 aromatic heterocycles. The summed E-state index contributed by atoms with van der Waals surface area (Å²) in [6.07, 6.45) is -12.4. The Morgan fingerprint density at radius 3 is 1.41 bits per heavy atom. The van der Waals surface area contributed by atoms with Crippen molar-refractivity contribution < 1.29 is 45.0 Å². The fourth-order valence-corrected chi connectivity index (χ4v) is 1.18. The lowest BCUT2D eigenvalue weighted by Gasteiger charge is -2.36. The third kappa shape index (κ3) is 3.64. The van der Waals surface area contributed by atoms with Crippen LogP contribution in [0.1, 0.15) is 34.6 Å². The number of ether oxygens (including phenoxy) is 1. The van der Waals surface area contributed by atoms with Crippen molar-refractivity contribution in [1.82, 2.24) is 0 Å². The zero-order chi connectivity index (χ0) is 18.4. The van der Waals surface area contributed by atoms with Crippen molar-refractivity contribution in [3.05, 3.63) is 11.3 Å². The van der Waals surface area contributed by atoms with E-state index >= 15 is 0 Å². The van der Waals surface area contributed by atoms with Crippen LogP contribution in [0, 0.1) is 5.41 Å². The molecule has 0 bridgehead atoms. The van der Waals surface area contributed by atoms with Gasteiger partial charge in [-0.2, -0.15) is 35.1 Å². The Kier molecular flexibility index (Phi) is 5.27. The van der Waals surface area contributed by atoms with Gasteiger partial charge in [0, 0.05) is 5.41 Å². The summed E-state index contributed by atoms with van der Waals surface area (Å²) in [7, 11) is 0. The second kappa shape index (κ2) is 5.54. The maximum atomic E-state index is 14.1. The molecule has 22 heavy (non-hydrogen) atoms. The van der Waals surface area contributed by atoms with Gasteiger partial charge in [-0.3, -0.25) is 0 Å². The molecule has 0 aliphatic rings. The summed E-state index contributed by atoms with van der Waals surface area (Å²) in [6.45, 7) is 4.50. The smallest absolute Gasteiger partial charge is 0.426 e. The molecule has 1 N–H and O–H groups in total. The van der Waals surface area contributed by atoms with Gasteiger partial charge in [-0.25, -0.2) is 0 Å². The highest BCUT2D eigenvalue weighted by Gasteiger charge is 2.74. The third-order valence-corrected chi connectivity index (χ3v) is 2.67. The lowest BCUT2D eigenvalue weighted by Crippen LogP contribution is -2.57. The average molecular weight is 344 g/mol. The molecule has 0 radical (unpaired) electrons. The largest absolute Gasteiger partial charge is 0.469 e. The second-order valence-electron chi connectivity index (χ2n) is 5.89. The molecule has 1 unspecified atom stereocenters. The van der Waals surface area contributed by atoms with E-state index in [0.717, 1.165) is 34.6 Å². The maximum Gasteiger partial charge on any atom is 0.469 e. The van der Waals surface area contributed by atoms with Gasteiger partial charge in [-0.05, 0) is 19.4 Å². The van der Waals surface area contributed by atoms with Gasteiger partial charge in [0.05, 0.1) is 0 Å². The van der Waals surface area contributed by atoms with Crippen molar-refractivity contribution in [2.24, 2.45) is 5.41 Å². The second-order valence-corrected chi connectivity index (χ2v) is 5.89. The first-order chi connectivity index (χ1) is 9.29. The van der Waals surface area contributed by atoms with E-state index < -0.39 is 40.8 Å². The molecule has 0 spiro atoms. The average Bonchev–Trinajstić information content (AvgIpc) is 2.21. The van der Waals surface area contributed by atoms with Crippen LogP contribution in [0.15, 0.2) is 11.3 Å². The molecule has 0 heterocycles. The molecule has 0 rings (SSSR count). The van der Waals surface area contributed by atoms with E-state index in [-0.39, 0.29) is 0 Å². The van der Waals surface area contributed by atoms with Crippen molar-refractivity contribution in [1.29, 1.82) is 0 Å². The van der Waals surface area contributed by atoms with Crippen molar-refractivity contribution in [2.75, 3.05) is 0 Å². The summed E-state index contributed by atoms with van der Waals surface area (Å²) in [5.74, 6) is -12.1. The third-order valence-electron chi connectivity index (χ3n) is 2.67. The van der Waals surface area contributed by atoms with Crippen LogP contribution in [0.2, 0.25) is 0 Å². The van der Waals surface area contributed by atoms with Gasteiger partial charge < -0.3 is 9.84 Å². The number of hydrogen-bond acceptors (Lipinski definition) is 2. The van der Waals surface area contributed by atoms with Crippen molar-refractivity contribution in [2.45, 2.75) is 58.7 Å². The molecule has 0 aromatic rings. The van der Waals surface area contributed by atoms with E-state index in [4.69, 9.17) is 5.11 Å². The standard InChI is InChI=1S/C12H16F8O2/c1-6(2)7(9(13,14)8(3,4)5)22-12(19,20)10(15,21)11(16,17)18/h21H,1-5H3. The number of halogens is 8. The summed E-state index contributed by atoms with van der Waals surface area (Å²) in [6, 6.07) is 0. The molecule has 1 atom stereocenters. The van der Waals surface area contributed by atoms with Crippen LogP contribution < -0.4 is 0 Å². The number of allylic oxidation sites excluding steroid dienone is 2. The zero-order valence-corrected chi connectivity index (χ0v) is 12.4. The van der Waals surface area contributed by atoms with Crippen LogP contribution >= 0.6 is 0 Å². The van der Waals surface area contributed by atoms with Crippen LogP contribution in [-0.2, 0) is 4.74 Å². The van der Waals surface area contributed by atoms with Crippen LogP contribution in [0.4, 0.5) is 35.1 Å². The lowest BCUT2D eigenvalue weighted by molar-refractivity contribution is -0.444. The Hall–Kier alpha value is -1.06. The minimum atomic E-state index is -6.44. The van der Waals surface area contributed by atoms with E-state index in [0.29, 0.717) is 0 Å². The molecule has 10 heteroatoms. The van der Waals surface area contributed by atoms with Crippen molar-refractivity contribution in [3.8, 4) is 0 Å². The fourth-order valence-electron chi connectivity index (χ4n) is 1.18. The normalized spacial score (nSPS) is 17.0. The van der Waals surface area contributed by atoms with E-state index in [2.05, 4.69) is 4.74 Å². The van der Waals surface area contributed by atoms with Gasteiger partial charge in [0.15, 0.2) is 5.76 Å². The fraction of sp³-hybridized carbons (Fsp3) is 0.833. The first-order valence-electron chi connectivity index (χ1n) is 5.89. The van der Waals surface area contributed by atoms with Crippen LogP contribution in [0.5, 0.6) is 0 Å². The molecule has 0 aromatic carbocycles. The summed E-state index contributed by atoms with van der Waals surface area (Å²) < 4.78 is 107. The van der Waals surface area contributed by atoms with Crippen LogP contribution in [0.25, 0.3) is 0 Å². The molecular weight excluding hydrogens is 328 g/mol. The molecule has 0 fully saturated rings. The predicted octanol–water partition coefficient (Wildman–Crippen LogP) is 4.79. The first-order valence-corrected chi connectivity index (χ1v) is 5.89. The molecule has 0 aliphatic carbocycles. The highest BCUT2D eigenvalue weighted by Crippen LogP contribution is 2.49. The maximum absolute atomic E-state index is 14.1. The van der Waals surface area contributed by atoms with E-state index in [1.165, 1.54) is 0 Å². The highest BCUT2D eigenvalue weighted by molar-refractivity contribution is 5.16. The molecule has 2 nitrogen and oxygen atoms in total. The lowest BCUT2D eigenvalue weighted by atomic mass is 9.85. The van der Waals surface area contributed by atoms with Crippen molar-refractivity contribution >= 4 is 0 Å². The Morgan fingerprint density at radius 1 is 0.818 bits per heavy atom. The highest BCUT2D eigenvalue weighted by atomic mass is 19.4. The van der Waals surface area contributed by atoms with E-state index in [1.807, 2.05) is 0 Å². The summed E-state index contributed by atoms with van der Waals surface area (Å²) in [5.41, 5.74) is -2.61. The molecule has 0 saturated heterocycles. The van der Waals surface area contributed by atoms with Gasteiger partial charge in [0.1, 0.15) is 0 Å². The minimum Gasteiger partial charge on any atom is -0.426 e. The van der Waals surface area contributed by atoms with Crippen LogP contribution in [-0.4, -0.2) is 29.2 Å². The number of aliphatic hydroxyl groups is 1. The zero-order valence-electron chi connectivity index (χ0n) is 12.4. The van der Waals surface area contributed by atoms with Gasteiger partial charge >= 0.3 is 24.1 Å². The molecule has 0 saturated carbocycles. The molecule has 0 aliphatic heterocycles. The molecule has 132 valence electrons. The first kappa shape index (κ1) is 20.9. The minimum absolute atomic E-state index is 0.599. The van der Waals surface area contributed by atoms with Gasteiger partial charge in [-0.15, -0.1) is 0 Å². The number of rotatable bonds is 4. The van der Waals surface area contributed by atoms with Crippen molar-refractivity contribution in [3.63, 3.8) is 0 Å². The number of alkyl halides is 8. The Bertz CT molecular complexity index is 439. The van der Waals surface area contributed by atoms with Gasteiger partial charge in [0.25, 0.3) is 0 Å².